The van der Waals surface area contributed by atoms with E-state index in [1.54, 1.807) is 48.7 Å². The second-order valence-corrected chi connectivity index (χ2v) is 5.32. The molecule has 25 heavy (non-hydrogen) atoms. The smallest absolute Gasteiger partial charge is 0.323 e. The van der Waals surface area contributed by atoms with Crippen molar-refractivity contribution in [2.75, 3.05) is 10.6 Å². The molecule has 1 heterocycles. The second-order valence-electron chi connectivity index (χ2n) is 5.32. The molecular formula is C19H16FN3O2. The number of benzene rings is 2. The molecule has 0 unspecified atom stereocenters. The summed E-state index contributed by atoms with van der Waals surface area (Å²) in [6, 6.07) is 16.1. The van der Waals surface area contributed by atoms with Gasteiger partial charge in [-0.05, 0) is 37.3 Å². The van der Waals surface area contributed by atoms with Gasteiger partial charge in [-0.3, -0.25) is 4.98 Å². The number of hydrogen-bond acceptors (Lipinski definition) is 3. The van der Waals surface area contributed by atoms with Gasteiger partial charge in [-0.25, -0.2) is 9.18 Å². The van der Waals surface area contributed by atoms with Crippen LogP contribution in [0.4, 0.5) is 20.6 Å². The molecule has 0 saturated heterocycles. The topological polar surface area (TPSA) is 63.2 Å². The molecule has 0 aliphatic heterocycles. The van der Waals surface area contributed by atoms with Gasteiger partial charge in [-0.1, -0.05) is 18.2 Å². The van der Waals surface area contributed by atoms with Crippen LogP contribution < -0.4 is 15.4 Å². The molecule has 0 saturated carbocycles. The van der Waals surface area contributed by atoms with Gasteiger partial charge in [0.1, 0.15) is 17.3 Å². The average Bonchev–Trinajstić information content (AvgIpc) is 2.58. The average molecular weight is 337 g/mol. The van der Waals surface area contributed by atoms with Crippen LogP contribution >= 0.6 is 0 Å². The molecule has 126 valence electrons. The van der Waals surface area contributed by atoms with Crippen LogP contribution in [0.3, 0.4) is 0 Å². The molecule has 2 aromatic carbocycles. The van der Waals surface area contributed by atoms with Crippen molar-refractivity contribution in [2.45, 2.75) is 6.92 Å². The number of carbonyl (C=O) groups is 1. The largest absolute Gasteiger partial charge is 0.457 e. The number of ether oxygens (including phenoxy) is 1. The van der Waals surface area contributed by atoms with Crippen molar-refractivity contribution < 1.29 is 13.9 Å². The summed E-state index contributed by atoms with van der Waals surface area (Å²) in [5.74, 6) is 0.304. The molecule has 0 atom stereocenters. The first kappa shape index (κ1) is 16.4. The van der Waals surface area contributed by atoms with E-state index in [1.165, 1.54) is 12.1 Å². The molecule has 2 amide bonds. The molecule has 1 aromatic heterocycles. The monoisotopic (exact) mass is 337 g/mol. The lowest BCUT2D eigenvalue weighted by molar-refractivity contribution is 0.262. The second kappa shape index (κ2) is 7.44. The number of aryl methyl sites for hydroxylation is 1. The Kier molecular flexibility index (Phi) is 4.89. The van der Waals surface area contributed by atoms with Crippen molar-refractivity contribution in [3.63, 3.8) is 0 Å². The van der Waals surface area contributed by atoms with E-state index >= 15 is 0 Å². The quantitative estimate of drug-likeness (QED) is 0.707. The third-order valence-corrected chi connectivity index (χ3v) is 3.32. The Morgan fingerprint density at radius 1 is 1.00 bits per heavy atom. The Morgan fingerprint density at radius 2 is 1.76 bits per heavy atom. The van der Waals surface area contributed by atoms with E-state index in [-0.39, 0.29) is 5.69 Å². The number of halogens is 1. The van der Waals surface area contributed by atoms with E-state index < -0.39 is 11.8 Å². The number of para-hydroxylation sites is 1. The highest BCUT2D eigenvalue weighted by atomic mass is 19.1. The Balaban J connectivity index is 1.66. The van der Waals surface area contributed by atoms with E-state index in [1.807, 2.05) is 13.0 Å². The molecule has 3 aromatic rings. The fraction of sp³-hybridized carbons (Fsp3) is 0.0526. The fourth-order valence-electron chi connectivity index (χ4n) is 2.19. The minimum atomic E-state index is -0.591. The number of anilines is 2. The van der Waals surface area contributed by atoms with Crippen LogP contribution in [0.1, 0.15) is 5.69 Å². The molecule has 0 aliphatic rings. The number of hydrogen-bond donors (Lipinski definition) is 2. The number of aromatic nitrogens is 1. The Labute approximate surface area is 144 Å². The summed E-state index contributed by atoms with van der Waals surface area (Å²) < 4.78 is 19.8. The van der Waals surface area contributed by atoms with E-state index in [9.17, 15) is 9.18 Å². The highest BCUT2D eigenvalue weighted by Crippen LogP contribution is 2.25. The molecule has 0 bridgehead atoms. The van der Waals surface area contributed by atoms with Crippen LogP contribution in [-0.4, -0.2) is 11.0 Å². The number of carbonyl (C=O) groups excluding carboxylic acids is 1. The van der Waals surface area contributed by atoms with Gasteiger partial charge in [0.25, 0.3) is 0 Å². The third-order valence-electron chi connectivity index (χ3n) is 3.32. The highest BCUT2D eigenvalue weighted by Gasteiger charge is 2.09. The Bertz CT molecular complexity index is 885. The zero-order valence-corrected chi connectivity index (χ0v) is 13.5. The third kappa shape index (κ3) is 4.54. The van der Waals surface area contributed by atoms with E-state index in [4.69, 9.17) is 4.74 Å². The zero-order chi connectivity index (χ0) is 17.6. The van der Waals surface area contributed by atoms with Crippen LogP contribution in [0.5, 0.6) is 11.5 Å². The van der Waals surface area contributed by atoms with E-state index in [2.05, 4.69) is 15.6 Å². The van der Waals surface area contributed by atoms with Crippen molar-refractivity contribution in [3.8, 4) is 11.5 Å². The van der Waals surface area contributed by atoms with Gasteiger partial charge < -0.3 is 15.4 Å². The van der Waals surface area contributed by atoms with E-state index in [0.717, 1.165) is 5.69 Å². The molecule has 0 aliphatic carbocycles. The normalized spacial score (nSPS) is 10.2. The molecule has 3 rings (SSSR count). The number of pyridine rings is 1. The lowest BCUT2D eigenvalue weighted by Gasteiger charge is -2.10. The number of nitrogens with one attached hydrogen (secondary N) is 2. The summed E-state index contributed by atoms with van der Waals surface area (Å²) in [6.45, 7) is 1.84. The molecule has 0 radical (unpaired) electrons. The zero-order valence-electron chi connectivity index (χ0n) is 13.5. The SMILES string of the molecule is Cc1cc(Oc2ccc(NC(=O)Nc3ccccc3)c(F)c2)ccn1. The number of nitrogens with zero attached hydrogens (tertiary/aromatic N) is 1. The van der Waals surface area contributed by atoms with Crippen LogP contribution in [0.15, 0.2) is 66.9 Å². The number of rotatable bonds is 4. The number of urea groups is 1. The van der Waals surface area contributed by atoms with Gasteiger partial charge >= 0.3 is 6.03 Å². The minimum absolute atomic E-state index is 0.0618. The predicted molar refractivity (Wildman–Crippen MR) is 94.5 cm³/mol. The first-order valence-electron chi connectivity index (χ1n) is 7.63. The van der Waals surface area contributed by atoms with Crippen molar-refractivity contribution >= 4 is 17.4 Å². The van der Waals surface area contributed by atoms with Crippen molar-refractivity contribution in [1.82, 2.24) is 4.98 Å². The van der Waals surface area contributed by atoms with Gasteiger partial charge in [-0.15, -0.1) is 0 Å². The predicted octanol–water partition coefficient (Wildman–Crippen LogP) is 4.97. The van der Waals surface area contributed by atoms with Crippen molar-refractivity contribution in [3.05, 3.63) is 78.4 Å². The summed E-state index contributed by atoms with van der Waals surface area (Å²) in [5, 5.41) is 5.09. The standard InChI is InChI=1S/C19H16FN3O2/c1-13-11-16(9-10-21-13)25-15-7-8-18(17(20)12-15)23-19(24)22-14-5-3-2-4-6-14/h2-12H,1H3,(H2,22,23,24). The van der Waals surface area contributed by atoms with Crippen LogP contribution in [0, 0.1) is 12.7 Å². The van der Waals surface area contributed by atoms with Crippen LogP contribution in [0.25, 0.3) is 0 Å². The summed E-state index contributed by atoms with van der Waals surface area (Å²) in [7, 11) is 0. The summed E-state index contributed by atoms with van der Waals surface area (Å²) in [4.78, 5) is 16.0. The van der Waals surface area contributed by atoms with Crippen molar-refractivity contribution in [2.24, 2.45) is 0 Å². The Morgan fingerprint density at radius 3 is 2.48 bits per heavy atom. The van der Waals surface area contributed by atoms with Gasteiger partial charge in [0.05, 0.1) is 5.69 Å². The molecule has 2 N–H and O–H groups in total. The van der Waals surface area contributed by atoms with Gasteiger partial charge in [0, 0.05) is 29.7 Å². The van der Waals surface area contributed by atoms with Crippen LogP contribution in [-0.2, 0) is 0 Å². The summed E-state index contributed by atoms with van der Waals surface area (Å²) >= 11 is 0. The molecule has 6 heteroatoms. The Hall–Kier alpha value is -3.41. The van der Waals surface area contributed by atoms with Gasteiger partial charge in [0.15, 0.2) is 0 Å². The van der Waals surface area contributed by atoms with Gasteiger partial charge in [-0.2, -0.15) is 0 Å². The van der Waals surface area contributed by atoms with Crippen molar-refractivity contribution in [1.29, 1.82) is 0 Å². The lowest BCUT2D eigenvalue weighted by atomic mass is 10.3. The molecule has 0 spiro atoms. The number of amides is 2. The highest BCUT2D eigenvalue weighted by molar-refractivity contribution is 5.99. The van der Waals surface area contributed by atoms with Crippen LogP contribution in [0.2, 0.25) is 0 Å². The summed E-state index contributed by atoms with van der Waals surface area (Å²) in [5.41, 5.74) is 1.48. The minimum Gasteiger partial charge on any atom is -0.457 e. The molecular weight excluding hydrogens is 321 g/mol. The molecule has 0 fully saturated rings. The first-order valence-corrected chi connectivity index (χ1v) is 7.63. The lowest BCUT2D eigenvalue weighted by Crippen LogP contribution is -2.20. The molecule has 5 nitrogen and oxygen atoms in total. The summed E-state index contributed by atoms with van der Waals surface area (Å²) in [6.07, 6.45) is 1.62. The maximum absolute atomic E-state index is 14.2. The maximum atomic E-state index is 14.2. The first-order chi connectivity index (χ1) is 12.1. The van der Waals surface area contributed by atoms with Gasteiger partial charge in [0.2, 0.25) is 0 Å². The van der Waals surface area contributed by atoms with E-state index in [0.29, 0.717) is 17.2 Å². The fourth-order valence-corrected chi connectivity index (χ4v) is 2.19. The maximum Gasteiger partial charge on any atom is 0.323 e.